The maximum Gasteiger partial charge on any atom is 0.346 e. The number of anilines is 1. The molecule has 2 heterocycles. The van der Waals surface area contributed by atoms with E-state index in [1.165, 1.54) is 17.5 Å². The number of carboxylic acids is 1. The van der Waals surface area contributed by atoms with Gasteiger partial charge in [-0.25, -0.2) is 9.69 Å². The molecule has 0 aliphatic carbocycles. The number of thiophene rings is 1. The molecule has 9 heteroatoms. The number of carbonyl (C=O) groups is 3. The van der Waals surface area contributed by atoms with Crippen LogP contribution in [-0.2, 0) is 17.8 Å². The Morgan fingerprint density at radius 3 is 2.57 bits per heavy atom. The molecule has 1 aliphatic heterocycles. The highest BCUT2D eigenvalue weighted by molar-refractivity contribution is 7.12. The van der Waals surface area contributed by atoms with Crippen LogP contribution < -0.4 is 9.64 Å². The molecule has 0 spiro atoms. The van der Waals surface area contributed by atoms with Crippen molar-refractivity contribution in [1.29, 1.82) is 0 Å². The van der Waals surface area contributed by atoms with Crippen molar-refractivity contribution in [2.24, 2.45) is 0 Å². The minimum absolute atomic E-state index is 0.0238. The minimum Gasteiger partial charge on any atom is -0.489 e. The van der Waals surface area contributed by atoms with Crippen LogP contribution >= 0.6 is 34.5 Å². The molecule has 0 bridgehead atoms. The molecule has 1 N–H and O–H groups in total. The van der Waals surface area contributed by atoms with Gasteiger partial charge in [-0.05, 0) is 40.8 Å². The van der Waals surface area contributed by atoms with Crippen molar-refractivity contribution in [3.8, 4) is 5.75 Å². The van der Waals surface area contributed by atoms with Crippen molar-refractivity contribution in [1.82, 2.24) is 0 Å². The van der Waals surface area contributed by atoms with Crippen molar-refractivity contribution in [2.75, 3.05) is 4.90 Å². The molecule has 0 unspecified atom stereocenters. The van der Waals surface area contributed by atoms with E-state index in [1.807, 2.05) is 12.1 Å². The number of hydrogen-bond donors (Lipinski definition) is 1. The second-order valence-electron chi connectivity index (χ2n) is 6.51. The van der Waals surface area contributed by atoms with Gasteiger partial charge in [-0.3, -0.25) is 9.59 Å². The smallest absolute Gasteiger partial charge is 0.346 e. The van der Waals surface area contributed by atoms with Crippen molar-refractivity contribution < 1.29 is 24.2 Å². The number of carboxylic acid groups (broad SMARTS) is 1. The summed E-state index contributed by atoms with van der Waals surface area (Å²) in [5, 5.41) is 11.7. The molecule has 4 rings (SSSR count). The highest BCUT2D eigenvalue weighted by Gasteiger charge is 2.37. The van der Waals surface area contributed by atoms with E-state index in [1.54, 1.807) is 18.2 Å². The van der Waals surface area contributed by atoms with Crippen molar-refractivity contribution in [2.45, 2.75) is 13.0 Å². The Balaban J connectivity index is 1.64. The van der Waals surface area contributed by atoms with Crippen molar-refractivity contribution in [3.63, 3.8) is 0 Å². The third-order valence-corrected chi connectivity index (χ3v) is 6.14. The molecule has 2 amide bonds. The van der Waals surface area contributed by atoms with Crippen LogP contribution in [0.5, 0.6) is 5.75 Å². The zero-order valence-corrected chi connectivity index (χ0v) is 17.6. The van der Waals surface area contributed by atoms with Gasteiger partial charge in [0.15, 0.2) is 0 Å². The lowest BCUT2D eigenvalue weighted by molar-refractivity contribution is -0.117. The van der Waals surface area contributed by atoms with E-state index in [2.05, 4.69) is 0 Å². The van der Waals surface area contributed by atoms with Gasteiger partial charge < -0.3 is 9.84 Å². The highest BCUT2D eigenvalue weighted by atomic mass is 35.5. The standard InChI is InChI=1S/C21H13Cl2NO5S/c22-13-3-1-11(2-4-13)9-29-14-5-6-15(23)16(8-14)24-17(25)7-12-10-30-19(21(27)28)18(12)20(24)26/h1-6,8,10H,7,9H2,(H,27,28). The summed E-state index contributed by atoms with van der Waals surface area (Å²) in [6.45, 7) is 0.248. The lowest BCUT2D eigenvalue weighted by Crippen LogP contribution is -2.42. The summed E-state index contributed by atoms with van der Waals surface area (Å²) in [5.41, 5.74) is 1.47. The van der Waals surface area contributed by atoms with Gasteiger partial charge in [0, 0.05) is 11.1 Å². The van der Waals surface area contributed by atoms with Gasteiger partial charge in [0.2, 0.25) is 5.91 Å². The van der Waals surface area contributed by atoms with Crippen LogP contribution in [0.4, 0.5) is 5.69 Å². The second-order valence-corrected chi connectivity index (χ2v) is 8.23. The van der Waals surface area contributed by atoms with Gasteiger partial charge in [0.25, 0.3) is 5.91 Å². The summed E-state index contributed by atoms with van der Waals surface area (Å²) in [5.74, 6) is -2.01. The first-order chi connectivity index (χ1) is 14.3. The maximum absolute atomic E-state index is 13.0. The van der Waals surface area contributed by atoms with E-state index in [-0.39, 0.29) is 34.2 Å². The van der Waals surface area contributed by atoms with Crippen LogP contribution in [0.2, 0.25) is 10.0 Å². The predicted molar refractivity (Wildman–Crippen MR) is 114 cm³/mol. The number of amides is 2. The Morgan fingerprint density at radius 1 is 1.13 bits per heavy atom. The van der Waals surface area contributed by atoms with Crippen molar-refractivity contribution in [3.05, 3.63) is 79.5 Å². The van der Waals surface area contributed by atoms with Crippen LogP contribution in [0.15, 0.2) is 47.8 Å². The molecule has 0 fully saturated rings. The van der Waals surface area contributed by atoms with Gasteiger partial charge >= 0.3 is 5.97 Å². The Kier molecular flexibility index (Phi) is 5.51. The fourth-order valence-electron chi connectivity index (χ4n) is 3.13. The van der Waals surface area contributed by atoms with Gasteiger partial charge in [-0.1, -0.05) is 35.3 Å². The predicted octanol–water partition coefficient (Wildman–Crippen LogP) is 5.06. The maximum atomic E-state index is 13.0. The molecule has 6 nitrogen and oxygen atoms in total. The SMILES string of the molecule is O=C(O)c1scc2c1C(=O)N(c1cc(OCc3ccc(Cl)cc3)ccc1Cl)C(=O)C2. The Hall–Kier alpha value is -2.87. The Labute approximate surface area is 185 Å². The van der Waals surface area contributed by atoms with Crippen LogP contribution in [0, 0.1) is 0 Å². The Bertz CT molecular complexity index is 1170. The fourth-order valence-corrected chi connectivity index (χ4v) is 4.35. The van der Waals surface area contributed by atoms with Crippen LogP contribution in [-0.4, -0.2) is 22.9 Å². The largest absolute Gasteiger partial charge is 0.489 e. The highest BCUT2D eigenvalue weighted by Crippen LogP contribution is 2.36. The van der Waals surface area contributed by atoms with Crippen LogP contribution in [0.3, 0.4) is 0 Å². The number of rotatable bonds is 5. The third kappa shape index (κ3) is 3.79. The van der Waals surface area contributed by atoms with E-state index < -0.39 is 17.8 Å². The first-order valence-corrected chi connectivity index (χ1v) is 10.4. The first-order valence-electron chi connectivity index (χ1n) is 8.73. The van der Waals surface area contributed by atoms with Crippen LogP contribution in [0.1, 0.15) is 31.2 Å². The summed E-state index contributed by atoms with van der Waals surface area (Å²) in [4.78, 5) is 38.0. The van der Waals surface area contributed by atoms with Crippen molar-refractivity contribution >= 4 is 58.0 Å². The number of nitrogens with zero attached hydrogens (tertiary/aromatic N) is 1. The Morgan fingerprint density at radius 2 is 1.87 bits per heavy atom. The topological polar surface area (TPSA) is 83.9 Å². The molecular formula is C21H13Cl2NO5S. The van der Waals surface area contributed by atoms with E-state index >= 15 is 0 Å². The number of fused-ring (bicyclic) bond motifs is 1. The molecule has 152 valence electrons. The van der Waals surface area contributed by atoms with E-state index in [9.17, 15) is 19.5 Å². The first kappa shape index (κ1) is 20.4. The molecule has 30 heavy (non-hydrogen) atoms. The van der Waals surface area contributed by atoms with E-state index in [0.717, 1.165) is 21.8 Å². The molecule has 1 aliphatic rings. The molecule has 0 radical (unpaired) electrons. The molecule has 1 aromatic heterocycles. The fraction of sp³-hybridized carbons (Fsp3) is 0.0952. The van der Waals surface area contributed by atoms with Gasteiger partial charge in [-0.2, -0.15) is 0 Å². The number of benzene rings is 2. The monoisotopic (exact) mass is 461 g/mol. The second kappa shape index (κ2) is 8.10. The normalized spacial score (nSPS) is 13.3. The van der Waals surface area contributed by atoms with Gasteiger partial charge in [0.05, 0.1) is 22.7 Å². The summed E-state index contributed by atoms with van der Waals surface area (Å²) in [6.07, 6.45) is -0.0863. The molecule has 2 aromatic carbocycles. The number of imide groups is 1. The summed E-state index contributed by atoms with van der Waals surface area (Å²) in [6, 6.07) is 11.8. The lowest BCUT2D eigenvalue weighted by atomic mass is 10.0. The van der Waals surface area contributed by atoms with Crippen LogP contribution in [0.25, 0.3) is 0 Å². The molecule has 0 saturated carbocycles. The molecular weight excluding hydrogens is 449 g/mol. The third-order valence-electron chi connectivity index (χ3n) is 4.55. The van der Waals surface area contributed by atoms with Gasteiger partial charge in [-0.15, -0.1) is 11.3 Å². The average Bonchev–Trinajstić information content (AvgIpc) is 3.14. The quantitative estimate of drug-likeness (QED) is 0.536. The summed E-state index contributed by atoms with van der Waals surface area (Å²) < 4.78 is 5.76. The molecule has 3 aromatic rings. The zero-order chi connectivity index (χ0) is 21.4. The summed E-state index contributed by atoms with van der Waals surface area (Å²) in [7, 11) is 0. The number of carbonyl (C=O) groups excluding carboxylic acids is 2. The van der Waals surface area contributed by atoms with E-state index in [4.69, 9.17) is 27.9 Å². The number of aromatic carboxylic acids is 1. The average molecular weight is 462 g/mol. The molecule has 0 saturated heterocycles. The minimum atomic E-state index is -1.21. The summed E-state index contributed by atoms with van der Waals surface area (Å²) >= 11 is 13.1. The van der Waals surface area contributed by atoms with Gasteiger partial charge in [0.1, 0.15) is 17.2 Å². The van der Waals surface area contributed by atoms with E-state index in [0.29, 0.717) is 16.3 Å². The number of halogens is 2. The molecule has 0 atom stereocenters. The number of ether oxygens (including phenoxy) is 1. The lowest BCUT2D eigenvalue weighted by Gasteiger charge is -2.26. The zero-order valence-electron chi connectivity index (χ0n) is 15.2. The number of hydrogen-bond acceptors (Lipinski definition) is 5.